The molecule has 13 heteroatoms. The van der Waals surface area contributed by atoms with Crippen LogP contribution in [0.3, 0.4) is 0 Å². The summed E-state index contributed by atoms with van der Waals surface area (Å²) in [7, 11) is 5.46. The third-order valence-electron chi connectivity index (χ3n) is 8.23. The van der Waals surface area contributed by atoms with E-state index in [1.54, 1.807) is 19.2 Å². The predicted molar refractivity (Wildman–Crippen MR) is 173 cm³/mol. The van der Waals surface area contributed by atoms with Crippen LogP contribution in [0.1, 0.15) is 43.5 Å². The molecular formula is C31H34Cl3N7O3. The summed E-state index contributed by atoms with van der Waals surface area (Å²) in [6.45, 7) is 8.49. The fraction of sp³-hybridized carbons (Fsp3) is 0.387. The van der Waals surface area contributed by atoms with Crippen LogP contribution in [0.5, 0.6) is 11.6 Å². The Morgan fingerprint density at radius 3 is 2.05 bits per heavy atom. The van der Waals surface area contributed by atoms with E-state index in [1.165, 1.54) is 0 Å². The van der Waals surface area contributed by atoms with Crippen molar-refractivity contribution in [1.82, 2.24) is 34.0 Å². The van der Waals surface area contributed by atoms with Crippen molar-refractivity contribution in [3.8, 4) is 11.6 Å². The number of carbonyl (C=O) groups excluding carboxylic acids is 1. The highest BCUT2D eigenvalue weighted by molar-refractivity contribution is 6.36. The Morgan fingerprint density at radius 2 is 1.43 bits per heavy atom. The average Bonchev–Trinajstić information content (AvgIpc) is 3.60. The van der Waals surface area contributed by atoms with Gasteiger partial charge in [0.1, 0.15) is 44.8 Å². The molecule has 5 heterocycles. The summed E-state index contributed by atoms with van der Waals surface area (Å²) < 4.78 is 15.3. The van der Waals surface area contributed by atoms with Gasteiger partial charge in [0.25, 0.3) is 0 Å². The second kappa shape index (κ2) is 12.8. The predicted octanol–water partition coefficient (Wildman–Crippen LogP) is 6.90. The van der Waals surface area contributed by atoms with Crippen LogP contribution in [0.4, 0.5) is 0 Å². The van der Waals surface area contributed by atoms with Crippen molar-refractivity contribution in [2.24, 2.45) is 20.0 Å². The average molecular weight is 659 g/mol. The summed E-state index contributed by atoms with van der Waals surface area (Å²) >= 11 is 17.9. The molecule has 0 spiro atoms. The van der Waals surface area contributed by atoms with Crippen LogP contribution in [-0.4, -0.2) is 59.6 Å². The molecule has 1 fully saturated rings. The van der Waals surface area contributed by atoms with Crippen LogP contribution < -0.4 is 9.47 Å². The number of amides is 1. The number of halogens is 3. The molecule has 1 aromatic carbocycles. The second-order valence-corrected chi connectivity index (χ2v) is 12.1. The topological polar surface area (TPSA) is 100 Å². The molecule has 0 saturated carbocycles. The summed E-state index contributed by atoms with van der Waals surface area (Å²) in [4.78, 5) is 31.9. The smallest absolute Gasteiger partial charge is 0.241 e. The van der Waals surface area contributed by atoms with Crippen molar-refractivity contribution >= 4 is 62.8 Å². The molecule has 10 nitrogen and oxygen atoms in total. The van der Waals surface area contributed by atoms with E-state index in [9.17, 15) is 4.79 Å². The number of rotatable bonds is 6. The number of likely N-dealkylation sites (tertiary alicyclic amines) is 1. The number of fused-ring (bicyclic) bond motifs is 2. The molecule has 44 heavy (non-hydrogen) atoms. The highest BCUT2D eigenvalue weighted by Crippen LogP contribution is 2.34. The number of methoxy groups -OCH3 is 1. The van der Waals surface area contributed by atoms with Crippen LogP contribution in [0.2, 0.25) is 15.5 Å². The maximum Gasteiger partial charge on any atom is 0.241 e. The van der Waals surface area contributed by atoms with E-state index in [-0.39, 0.29) is 24.0 Å². The summed E-state index contributed by atoms with van der Waals surface area (Å²) in [5.74, 6) is 3.18. The van der Waals surface area contributed by atoms with E-state index < -0.39 is 0 Å². The minimum absolute atomic E-state index is 0.0219. The summed E-state index contributed by atoms with van der Waals surface area (Å²) in [6, 6.07) is 11.3. The van der Waals surface area contributed by atoms with Gasteiger partial charge in [-0.1, -0.05) is 46.9 Å². The van der Waals surface area contributed by atoms with Gasteiger partial charge in [0, 0.05) is 45.1 Å². The first-order chi connectivity index (χ1) is 20.9. The van der Waals surface area contributed by atoms with Crippen molar-refractivity contribution in [2.75, 3.05) is 13.7 Å². The minimum atomic E-state index is -0.207. The first-order valence-corrected chi connectivity index (χ1v) is 15.3. The quantitative estimate of drug-likeness (QED) is 0.183. The van der Waals surface area contributed by atoms with Crippen LogP contribution in [-0.2, 0) is 18.9 Å². The van der Waals surface area contributed by atoms with Crippen LogP contribution >= 0.6 is 34.8 Å². The lowest BCUT2D eigenvalue weighted by Gasteiger charge is -2.26. The van der Waals surface area contributed by atoms with Crippen molar-refractivity contribution in [1.29, 1.82) is 0 Å². The Hall–Kier alpha value is -3.60. The number of imidazole rings is 2. The zero-order chi connectivity index (χ0) is 31.9. The summed E-state index contributed by atoms with van der Waals surface area (Å²) in [6.07, 6.45) is 0.233. The van der Waals surface area contributed by atoms with Crippen LogP contribution in [0.25, 0.3) is 22.1 Å². The second-order valence-electron chi connectivity index (χ2n) is 10.9. The molecule has 0 unspecified atom stereocenters. The van der Waals surface area contributed by atoms with E-state index in [4.69, 9.17) is 44.3 Å². The van der Waals surface area contributed by atoms with Gasteiger partial charge in [-0.25, -0.2) is 15.0 Å². The number of carbonyl (C=O) groups is 1. The fourth-order valence-corrected chi connectivity index (χ4v) is 6.15. The number of nitrogens with zero attached hydrogens (tertiary/aromatic N) is 7. The van der Waals surface area contributed by atoms with E-state index in [0.717, 1.165) is 45.0 Å². The van der Waals surface area contributed by atoms with Gasteiger partial charge in [0.2, 0.25) is 11.8 Å². The summed E-state index contributed by atoms with van der Waals surface area (Å²) in [5.41, 5.74) is 4.24. The summed E-state index contributed by atoms with van der Waals surface area (Å²) in [5, 5.41) is 1.10. The molecular weight excluding hydrogens is 625 g/mol. The highest BCUT2D eigenvalue weighted by atomic mass is 35.5. The molecule has 0 aliphatic carbocycles. The number of hydrogen-bond donors (Lipinski definition) is 0. The molecule has 0 N–H and O–H groups in total. The number of hydrogen-bond acceptors (Lipinski definition) is 7. The molecule has 0 radical (unpaired) electrons. The third kappa shape index (κ3) is 6.29. The molecule has 1 aliphatic heterocycles. The zero-order valence-corrected chi connectivity index (χ0v) is 27.9. The minimum Gasteiger partial charge on any atom is -0.497 e. The number of aromatic nitrogens is 6. The number of pyridine rings is 2. The Morgan fingerprint density at radius 1 is 0.864 bits per heavy atom. The van der Waals surface area contributed by atoms with Crippen molar-refractivity contribution in [3.63, 3.8) is 0 Å². The first-order valence-electron chi connectivity index (χ1n) is 14.1. The SMILES string of the molecule is COc1ccc([C@@H](C)N2C[C@H]([C@@H](C)Oc3nc(Cl)cc4nc(C)n(C)c34)CC2=O)cc1.Cc1nc2cc(Cl)nc(Cl)c2n1C. The molecule has 5 aromatic rings. The normalized spacial score (nSPS) is 16.3. The fourth-order valence-electron chi connectivity index (χ4n) is 5.42. The Bertz CT molecular complexity index is 1840. The molecule has 3 atom stereocenters. The van der Waals surface area contributed by atoms with Crippen molar-refractivity contribution < 1.29 is 14.3 Å². The van der Waals surface area contributed by atoms with Gasteiger partial charge in [-0.3, -0.25) is 4.79 Å². The van der Waals surface area contributed by atoms with Gasteiger partial charge in [-0.05, 0) is 45.4 Å². The van der Waals surface area contributed by atoms with Gasteiger partial charge >= 0.3 is 0 Å². The van der Waals surface area contributed by atoms with Gasteiger partial charge in [-0.2, -0.15) is 4.98 Å². The van der Waals surface area contributed by atoms with Gasteiger partial charge in [0.05, 0.1) is 24.2 Å². The van der Waals surface area contributed by atoms with Crippen molar-refractivity contribution in [3.05, 3.63) is 69.1 Å². The van der Waals surface area contributed by atoms with E-state index >= 15 is 0 Å². The zero-order valence-electron chi connectivity index (χ0n) is 25.6. The van der Waals surface area contributed by atoms with Gasteiger partial charge in [-0.15, -0.1) is 0 Å². The molecule has 1 amide bonds. The van der Waals surface area contributed by atoms with E-state index in [2.05, 4.69) is 19.9 Å². The third-order valence-corrected chi connectivity index (χ3v) is 8.88. The Kier molecular flexibility index (Phi) is 9.25. The number of ether oxygens (including phenoxy) is 2. The Balaban J connectivity index is 0.000000245. The molecule has 1 aliphatic rings. The highest BCUT2D eigenvalue weighted by Gasteiger charge is 2.37. The number of aryl methyl sites for hydroxylation is 4. The van der Waals surface area contributed by atoms with Crippen LogP contribution in [0.15, 0.2) is 36.4 Å². The lowest BCUT2D eigenvalue weighted by molar-refractivity contribution is -0.129. The maximum absolute atomic E-state index is 12.8. The number of benzene rings is 1. The molecule has 232 valence electrons. The first kappa shape index (κ1) is 31.8. The lowest BCUT2D eigenvalue weighted by Crippen LogP contribution is -2.31. The largest absolute Gasteiger partial charge is 0.497 e. The van der Waals surface area contributed by atoms with Gasteiger partial charge < -0.3 is 23.5 Å². The molecule has 1 saturated heterocycles. The van der Waals surface area contributed by atoms with Crippen molar-refractivity contribution in [2.45, 2.75) is 46.3 Å². The van der Waals surface area contributed by atoms with E-state index in [0.29, 0.717) is 34.3 Å². The lowest BCUT2D eigenvalue weighted by atomic mass is 10.0. The molecule has 0 bridgehead atoms. The standard InChI is InChI=1S/C23H27ClN4O3.C8H7Cl2N3/c1-13(16-6-8-18(30-5)9-7-16)28-12-17(10-21(28)29)14(2)31-23-22-19(11-20(24)26-23)25-15(3)27(22)4;1-4-11-5-3-6(9)12-8(10)7(5)13(4)2/h6-9,11,13-14,17H,10,12H2,1-5H3;3H,1-2H3/t13-,14-,17-;/m1./s1. The van der Waals surface area contributed by atoms with Crippen LogP contribution in [0, 0.1) is 19.8 Å². The maximum atomic E-state index is 12.8. The van der Waals surface area contributed by atoms with Gasteiger partial charge in [0.15, 0.2) is 5.15 Å². The van der Waals surface area contributed by atoms with E-state index in [1.807, 2.05) is 80.1 Å². The Labute approximate surface area is 270 Å². The molecule has 4 aromatic heterocycles. The molecule has 6 rings (SSSR count). The monoisotopic (exact) mass is 657 g/mol.